The summed E-state index contributed by atoms with van der Waals surface area (Å²) in [5.74, 6) is -1.83. The van der Waals surface area contributed by atoms with Crippen LogP contribution in [0.25, 0.3) is 0 Å². The van der Waals surface area contributed by atoms with E-state index in [1.807, 2.05) is 13.8 Å². The number of benzene rings is 2. The standard InChI is InChI=1S/C18H20F2N2O4S/c1-11(2)21-18(23)12(3)26-14-5-7-15(8-6-14)27(24,25)22-17-9-4-13(19)10-16(17)20/h4-12,22H,1-3H3,(H,21,23)/t12-/m1/s1. The average Bonchev–Trinajstić information content (AvgIpc) is 2.57. The van der Waals surface area contributed by atoms with Gasteiger partial charge in [0.25, 0.3) is 15.9 Å². The molecule has 0 saturated carbocycles. The van der Waals surface area contributed by atoms with Crippen LogP contribution in [-0.2, 0) is 14.8 Å². The molecule has 0 aromatic heterocycles. The number of hydrogen-bond donors (Lipinski definition) is 2. The molecular weight excluding hydrogens is 378 g/mol. The molecule has 0 aliphatic carbocycles. The lowest BCUT2D eigenvalue weighted by Crippen LogP contribution is -2.40. The van der Waals surface area contributed by atoms with Crippen molar-refractivity contribution in [3.8, 4) is 5.75 Å². The molecule has 0 bridgehead atoms. The van der Waals surface area contributed by atoms with E-state index in [1.165, 1.54) is 24.3 Å². The lowest BCUT2D eigenvalue weighted by atomic mass is 10.3. The van der Waals surface area contributed by atoms with Crippen LogP contribution in [0.15, 0.2) is 47.4 Å². The normalized spacial score (nSPS) is 12.5. The van der Waals surface area contributed by atoms with Gasteiger partial charge < -0.3 is 10.1 Å². The van der Waals surface area contributed by atoms with Gasteiger partial charge in [0.1, 0.15) is 17.4 Å². The number of sulfonamides is 1. The lowest BCUT2D eigenvalue weighted by Gasteiger charge is -2.16. The Balaban J connectivity index is 2.10. The molecule has 6 nitrogen and oxygen atoms in total. The summed E-state index contributed by atoms with van der Waals surface area (Å²) < 4.78 is 58.7. The maximum absolute atomic E-state index is 13.6. The smallest absolute Gasteiger partial charge is 0.261 e. The molecule has 2 aromatic carbocycles. The highest BCUT2D eigenvalue weighted by molar-refractivity contribution is 7.92. The Labute approximate surface area is 156 Å². The fourth-order valence-electron chi connectivity index (χ4n) is 2.13. The molecule has 0 radical (unpaired) electrons. The van der Waals surface area contributed by atoms with Crippen molar-refractivity contribution >= 4 is 21.6 Å². The van der Waals surface area contributed by atoms with Crippen molar-refractivity contribution in [3.05, 3.63) is 54.1 Å². The molecule has 27 heavy (non-hydrogen) atoms. The van der Waals surface area contributed by atoms with Crippen LogP contribution < -0.4 is 14.8 Å². The number of carbonyl (C=O) groups excluding carboxylic acids is 1. The van der Waals surface area contributed by atoms with Crippen LogP contribution in [0.3, 0.4) is 0 Å². The fourth-order valence-corrected chi connectivity index (χ4v) is 3.20. The molecule has 0 fully saturated rings. The number of carbonyl (C=O) groups is 1. The Kier molecular flexibility index (Phi) is 6.37. The number of ether oxygens (including phenoxy) is 1. The van der Waals surface area contributed by atoms with Gasteiger partial charge in [0.2, 0.25) is 0 Å². The van der Waals surface area contributed by atoms with E-state index in [9.17, 15) is 22.0 Å². The van der Waals surface area contributed by atoms with E-state index >= 15 is 0 Å². The van der Waals surface area contributed by atoms with Gasteiger partial charge in [0, 0.05) is 12.1 Å². The van der Waals surface area contributed by atoms with Crippen LogP contribution in [0.5, 0.6) is 5.75 Å². The third-order valence-electron chi connectivity index (χ3n) is 3.42. The summed E-state index contributed by atoms with van der Waals surface area (Å²) in [4.78, 5) is 11.7. The number of hydrogen-bond acceptors (Lipinski definition) is 4. The van der Waals surface area contributed by atoms with E-state index in [-0.39, 0.29) is 22.5 Å². The highest BCUT2D eigenvalue weighted by Crippen LogP contribution is 2.22. The number of anilines is 1. The lowest BCUT2D eigenvalue weighted by molar-refractivity contribution is -0.127. The molecule has 2 rings (SSSR count). The summed E-state index contributed by atoms with van der Waals surface area (Å²) >= 11 is 0. The second kappa shape index (κ2) is 8.34. The van der Waals surface area contributed by atoms with Gasteiger partial charge in [-0.25, -0.2) is 17.2 Å². The summed E-state index contributed by atoms with van der Waals surface area (Å²) in [7, 11) is -4.07. The van der Waals surface area contributed by atoms with Crippen molar-refractivity contribution in [2.24, 2.45) is 0 Å². The van der Waals surface area contributed by atoms with Gasteiger partial charge in [-0.15, -0.1) is 0 Å². The Morgan fingerprint density at radius 3 is 2.22 bits per heavy atom. The second-order valence-electron chi connectivity index (χ2n) is 6.12. The Hall–Kier alpha value is -2.68. The maximum Gasteiger partial charge on any atom is 0.261 e. The van der Waals surface area contributed by atoms with E-state index in [1.54, 1.807) is 6.92 Å². The van der Waals surface area contributed by atoms with Crippen LogP contribution in [0, 0.1) is 11.6 Å². The molecule has 1 atom stereocenters. The predicted octanol–water partition coefficient (Wildman–Crippen LogP) is 3.06. The largest absolute Gasteiger partial charge is 0.481 e. The van der Waals surface area contributed by atoms with E-state index in [0.29, 0.717) is 11.8 Å². The molecular formula is C18H20F2N2O4S. The first-order chi connectivity index (χ1) is 12.6. The maximum atomic E-state index is 13.6. The first-order valence-electron chi connectivity index (χ1n) is 8.13. The summed E-state index contributed by atoms with van der Waals surface area (Å²) in [5, 5.41) is 2.70. The second-order valence-corrected chi connectivity index (χ2v) is 7.81. The minimum atomic E-state index is -4.07. The quantitative estimate of drug-likeness (QED) is 0.751. The monoisotopic (exact) mass is 398 g/mol. The molecule has 0 spiro atoms. The van der Waals surface area contributed by atoms with Gasteiger partial charge in [0.05, 0.1) is 10.6 Å². The number of nitrogens with one attached hydrogen (secondary N) is 2. The Morgan fingerprint density at radius 1 is 1.04 bits per heavy atom. The van der Waals surface area contributed by atoms with Crippen LogP contribution in [0.1, 0.15) is 20.8 Å². The van der Waals surface area contributed by atoms with E-state index in [4.69, 9.17) is 4.74 Å². The zero-order valence-corrected chi connectivity index (χ0v) is 15.8. The van der Waals surface area contributed by atoms with Crippen molar-refractivity contribution in [2.45, 2.75) is 37.8 Å². The van der Waals surface area contributed by atoms with Crippen molar-refractivity contribution in [2.75, 3.05) is 4.72 Å². The molecule has 2 aromatic rings. The number of halogens is 2. The van der Waals surface area contributed by atoms with Crippen molar-refractivity contribution in [1.29, 1.82) is 0 Å². The summed E-state index contributed by atoms with van der Waals surface area (Å²) in [5.41, 5.74) is -0.365. The Morgan fingerprint density at radius 2 is 1.67 bits per heavy atom. The van der Waals surface area contributed by atoms with E-state index in [0.717, 1.165) is 12.1 Å². The van der Waals surface area contributed by atoms with E-state index < -0.39 is 27.8 Å². The third-order valence-corrected chi connectivity index (χ3v) is 4.80. The minimum Gasteiger partial charge on any atom is -0.481 e. The fraction of sp³-hybridized carbons (Fsp3) is 0.278. The SMILES string of the molecule is CC(C)NC(=O)[C@@H](C)Oc1ccc(S(=O)(=O)Nc2ccc(F)cc2F)cc1. The van der Waals surface area contributed by atoms with Gasteiger partial charge >= 0.3 is 0 Å². The zero-order valence-electron chi connectivity index (χ0n) is 15.0. The molecule has 0 aliphatic heterocycles. The van der Waals surface area contributed by atoms with Gasteiger partial charge in [-0.1, -0.05) is 0 Å². The van der Waals surface area contributed by atoms with Crippen LogP contribution >= 0.6 is 0 Å². The van der Waals surface area contributed by atoms with Crippen LogP contribution in [-0.4, -0.2) is 26.5 Å². The van der Waals surface area contributed by atoms with Crippen LogP contribution in [0.4, 0.5) is 14.5 Å². The molecule has 0 heterocycles. The Bertz CT molecular complexity index is 915. The van der Waals surface area contributed by atoms with Gasteiger partial charge in [-0.05, 0) is 57.2 Å². The van der Waals surface area contributed by atoms with Crippen molar-refractivity contribution in [1.82, 2.24) is 5.32 Å². The first-order valence-corrected chi connectivity index (χ1v) is 9.62. The molecule has 2 N–H and O–H groups in total. The zero-order chi connectivity index (χ0) is 20.2. The molecule has 0 aliphatic rings. The highest BCUT2D eigenvalue weighted by atomic mass is 32.2. The number of amides is 1. The highest BCUT2D eigenvalue weighted by Gasteiger charge is 2.18. The average molecular weight is 398 g/mol. The molecule has 1 amide bonds. The van der Waals surface area contributed by atoms with Crippen molar-refractivity contribution < 1.29 is 26.7 Å². The number of rotatable bonds is 7. The van der Waals surface area contributed by atoms with Crippen LogP contribution in [0.2, 0.25) is 0 Å². The summed E-state index contributed by atoms with van der Waals surface area (Å²) in [6.45, 7) is 5.21. The van der Waals surface area contributed by atoms with Gasteiger partial charge in [0.15, 0.2) is 6.10 Å². The molecule has 0 saturated heterocycles. The molecule has 146 valence electrons. The predicted molar refractivity (Wildman–Crippen MR) is 97.0 cm³/mol. The van der Waals surface area contributed by atoms with Gasteiger partial charge in [-0.2, -0.15) is 0 Å². The first kappa shape index (κ1) is 20.6. The summed E-state index contributed by atoms with van der Waals surface area (Å²) in [6, 6.07) is 7.77. The minimum absolute atomic E-state index is 0.0333. The summed E-state index contributed by atoms with van der Waals surface area (Å²) in [6.07, 6.45) is -0.763. The topological polar surface area (TPSA) is 84.5 Å². The molecule has 9 heteroatoms. The van der Waals surface area contributed by atoms with E-state index in [2.05, 4.69) is 10.0 Å². The third kappa shape index (κ3) is 5.65. The molecule has 0 unspecified atom stereocenters. The van der Waals surface area contributed by atoms with Gasteiger partial charge in [-0.3, -0.25) is 9.52 Å². The van der Waals surface area contributed by atoms with Crippen molar-refractivity contribution in [3.63, 3.8) is 0 Å².